The Morgan fingerprint density at radius 1 is 1.33 bits per heavy atom. The minimum atomic E-state index is -0.746. The zero-order valence-electron chi connectivity index (χ0n) is 11.9. The maximum atomic E-state index is 11.4. The van der Waals surface area contributed by atoms with Crippen molar-refractivity contribution in [3.05, 3.63) is 59.0 Å². The molecule has 0 aliphatic heterocycles. The molecule has 0 bridgehead atoms. The molecular formula is C17H18O4. The summed E-state index contributed by atoms with van der Waals surface area (Å²) in [6, 6.07) is 11.4. The average Bonchev–Trinajstić information content (AvgIpc) is 3.03. The lowest BCUT2D eigenvalue weighted by atomic mass is 9.79. The number of hydrogen-bond acceptors (Lipinski definition) is 4. The SMILES string of the molecule is COC(=O)c1ccc(C(O)C2CCCc3ccccc32)o1. The number of benzene rings is 1. The van der Waals surface area contributed by atoms with E-state index in [4.69, 9.17) is 4.42 Å². The fourth-order valence-electron chi connectivity index (χ4n) is 3.04. The van der Waals surface area contributed by atoms with Crippen molar-refractivity contribution >= 4 is 5.97 Å². The fourth-order valence-corrected chi connectivity index (χ4v) is 3.04. The van der Waals surface area contributed by atoms with E-state index in [9.17, 15) is 9.90 Å². The molecule has 2 atom stereocenters. The summed E-state index contributed by atoms with van der Waals surface area (Å²) < 4.78 is 10.1. The van der Waals surface area contributed by atoms with Crippen LogP contribution in [0.1, 0.15) is 52.3 Å². The van der Waals surface area contributed by atoms with E-state index in [1.54, 1.807) is 12.1 Å². The van der Waals surface area contributed by atoms with Crippen molar-refractivity contribution < 1.29 is 19.1 Å². The zero-order valence-corrected chi connectivity index (χ0v) is 11.9. The molecule has 2 unspecified atom stereocenters. The number of hydrogen-bond donors (Lipinski definition) is 1. The predicted molar refractivity (Wildman–Crippen MR) is 77.1 cm³/mol. The summed E-state index contributed by atoms with van der Waals surface area (Å²) >= 11 is 0. The van der Waals surface area contributed by atoms with Gasteiger partial charge in [0.1, 0.15) is 11.9 Å². The molecule has 1 aromatic heterocycles. The number of carbonyl (C=O) groups is 1. The van der Waals surface area contributed by atoms with Crippen LogP contribution in [-0.4, -0.2) is 18.2 Å². The van der Waals surface area contributed by atoms with Gasteiger partial charge < -0.3 is 14.3 Å². The van der Waals surface area contributed by atoms with Crippen LogP contribution in [0.3, 0.4) is 0 Å². The molecule has 1 heterocycles. The van der Waals surface area contributed by atoms with Gasteiger partial charge in [0.25, 0.3) is 0 Å². The first-order valence-electron chi connectivity index (χ1n) is 7.14. The standard InChI is InChI=1S/C17H18O4/c1-20-17(19)15-10-9-14(21-15)16(18)13-8-4-6-11-5-2-3-7-12(11)13/h2-3,5,7,9-10,13,16,18H,4,6,8H2,1H3. The third-order valence-corrected chi connectivity index (χ3v) is 4.10. The maximum Gasteiger partial charge on any atom is 0.373 e. The number of methoxy groups -OCH3 is 1. The Morgan fingerprint density at radius 2 is 2.14 bits per heavy atom. The summed E-state index contributed by atoms with van der Waals surface area (Å²) in [6.45, 7) is 0. The number of furan rings is 1. The quantitative estimate of drug-likeness (QED) is 0.880. The van der Waals surface area contributed by atoms with E-state index in [0.29, 0.717) is 5.76 Å². The molecule has 1 aliphatic carbocycles. The van der Waals surface area contributed by atoms with Crippen molar-refractivity contribution in [3.63, 3.8) is 0 Å². The molecule has 1 aliphatic rings. The Hall–Kier alpha value is -2.07. The van der Waals surface area contributed by atoms with E-state index < -0.39 is 12.1 Å². The van der Waals surface area contributed by atoms with E-state index in [1.165, 1.54) is 18.2 Å². The first kappa shape index (κ1) is 13.9. The van der Waals surface area contributed by atoms with Gasteiger partial charge in [0.05, 0.1) is 7.11 Å². The summed E-state index contributed by atoms with van der Waals surface area (Å²) in [5, 5.41) is 10.6. The Labute approximate surface area is 123 Å². The van der Waals surface area contributed by atoms with Gasteiger partial charge in [-0.2, -0.15) is 0 Å². The molecular weight excluding hydrogens is 268 g/mol. The molecule has 4 nitrogen and oxygen atoms in total. The van der Waals surface area contributed by atoms with E-state index in [2.05, 4.69) is 16.9 Å². The van der Waals surface area contributed by atoms with Gasteiger partial charge in [-0.3, -0.25) is 0 Å². The monoisotopic (exact) mass is 286 g/mol. The number of fused-ring (bicyclic) bond motifs is 1. The van der Waals surface area contributed by atoms with Crippen LogP contribution in [-0.2, 0) is 11.2 Å². The van der Waals surface area contributed by atoms with E-state index >= 15 is 0 Å². The lowest BCUT2D eigenvalue weighted by Gasteiger charge is -2.28. The van der Waals surface area contributed by atoms with E-state index in [0.717, 1.165) is 19.3 Å². The minimum Gasteiger partial charge on any atom is -0.463 e. The number of esters is 1. The molecule has 0 fully saturated rings. The van der Waals surface area contributed by atoms with Gasteiger partial charge in [0, 0.05) is 5.92 Å². The van der Waals surface area contributed by atoms with E-state index in [1.807, 2.05) is 12.1 Å². The third kappa shape index (κ3) is 2.59. The molecule has 3 rings (SSSR count). The number of ether oxygens (including phenoxy) is 1. The van der Waals surface area contributed by atoms with Crippen LogP contribution in [0.4, 0.5) is 0 Å². The Bertz CT molecular complexity index is 644. The lowest BCUT2D eigenvalue weighted by molar-refractivity contribution is 0.0548. The normalized spacial score (nSPS) is 18.9. The highest BCUT2D eigenvalue weighted by atomic mass is 16.5. The van der Waals surface area contributed by atoms with Crippen LogP contribution in [0.5, 0.6) is 0 Å². The van der Waals surface area contributed by atoms with Crippen molar-refractivity contribution in [1.29, 1.82) is 0 Å². The smallest absolute Gasteiger partial charge is 0.373 e. The first-order chi connectivity index (χ1) is 10.2. The van der Waals surface area contributed by atoms with Crippen LogP contribution < -0.4 is 0 Å². The third-order valence-electron chi connectivity index (χ3n) is 4.10. The Balaban J connectivity index is 1.87. The van der Waals surface area contributed by atoms with Gasteiger partial charge in [-0.25, -0.2) is 4.79 Å². The molecule has 110 valence electrons. The molecule has 1 aromatic carbocycles. The Kier molecular flexibility index (Phi) is 3.80. The number of rotatable bonds is 3. The van der Waals surface area contributed by atoms with Crippen molar-refractivity contribution in [2.24, 2.45) is 0 Å². The number of aliphatic hydroxyl groups excluding tert-OH is 1. The number of aryl methyl sites for hydroxylation is 1. The molecule has 1 N–H and O–H groups in total. The van der Waals surface area contributed by atoms with Gasteiger partial charge >= 0.3 is 5.97 Å². The van der Waals surface area contributed by atoms with E-state index in [-0.39, 0.29) is 11.7 Å². The molecule has 0 amide bonds. The largest absolute Gasteiger partial charge is 0.463 e. The van der Waals surface area contributed by atoms with Crippen molar-refractivity contribution in [3.8, 4) is 0 Å². The highest BCUT2D eigenvalue weighted by molar-refractivity contribution is 5.86. The molecule has 21 heavy (non-hydrogen) atoms. The second-order valence-corrected chi connectivity index (χ2v) is 5.34. The summed E-state index contributed by atoms with van der Waals surface area (Å²) in [4.78, 5) is 11.4. The average molecular weight is 286 g/mol. The van der Waals surface area contributed by atoms with Crippen molar-refractivity contribution in [2.75, 3.05) is 7.11 Å². The summed E-state index contributed by atoms with van der Waals surface area (Å²) in [6.07, 6.45) is 2.26. The molecule has 4 heteroatoms. The summed E-state index contributed by atoms with van der Waals surface area (Å²) in [5.74, 6) is 0.0110. The lowest BCUT2D eigenvalue weighted by Crippen LogP contribution is -2.16. The second kappa shape index (κ2) is 5.74. The van der Waals surface area contributed by atoms with Crippen LogP contribution in [0, 0.1) is 0 Å². The van der Waals surface area contributed by atoms with Gasteiger partial charge in [0.2, 0.25) is 5.76 Å². The summed E-state index contributed by atoms with van der Waals surface area (Å²) in [7, 11) is 1.30. The first-order valence-corrected chi connectivity index (χ1v) is 7.14. The molecule has 0 saturated heterocycles. The maximum absolute atomic E-state index is 11.4. The van der Waals surface area contributed by atoms with Gasteiger partial charge in [-0.15, -0.1) is 0 Å². The fraction of sp³-hybridized carbons (Fsp3) is 0.353. The second-order valence-electron chi connectivity index (χ2n) is 5.34. The van der Waals surface area contributed by atoms with Crippen LogP contribution in [0.2, 0.25) is 0 Å². The van der Waals surface area contributed by atoms with Crippen LogP contribution in [0.15, 0.2) is 40.8 Å². The molecule has 0 saturated carbocycles. The predicted octanol–water partition coefficient (Wildman–Crippen LogP) is 3.22. The van der Waals surface area contributed by atoms with Crippen LogP contribution >= 0.6 is 0 Å². The highest BCUT2D eigenvalue weighted by Crippen LogP contribution is 2.40. The Morgan fingerprint density at radius 3 is 2.95 bits per heavy atom. The highest BCUT2D eigenvalue weighted by Gasteiger charge is 2.29. The van der Waals surface area contributed by atoms with Gasteiger partial charge in [-0.1, -0.05) is 24.3 Å². The topological polar surface area (TPSA) is 59.7 Å². The minimum absolute atomic E-state index is 0.00611. The van der Waals surface area contributed by atoms with Gasteiger partial charge in [0.15, 0.2) is 0 Å². The van der Waals surface area contributed by atoms with Crippen molar-refractivity contribution in [2.45, 2.75) is 31.3 Å². The van der Waals surface area contributed by atoms with Crippen LogP contribution in [0.25, 0.3) is 0 Å². The summed E-state index contributed by atoms with van der Waals surface area (Å²) in [5.41, 5.74) is 2.46. The zero-order chi connectivity index (χ0) is 14.8. The molecule has 2 aromatic rings. The number of carbonyl (C=O) groups excluding carboxylic acids is 1. The molecule has 0 spiro atoms. The number of aliphatic hydroxyl groups is 1. The van der Waals surface area contributed by atoms with Gasteiger partial charge in [-0.05, 0) is 42.5 Å². The van der Waals surface area contributed by atoms with Crippen molar-refractivity contribution in [1.82, 2.24) is 0 Å². The molecule has 0 radical (unpaired) electrons.